The maximum atomic E-state index is 12.9. The Kier molecular flexibility index (Phi) is 7.24. The van der Waals surface area contributed by atoms with E-state index in [-0.39, 0.29) is 23.0 Å². The molecular formula is C19H22N4O6S. The molecule has 0 saturated carbocycles. The lowest BCUT2D eigenvalue weighted by atomic mass is 10.2. The topological polar surface area (TPSA) is 139 Å². The second-order valence-corrected chi connectivity index (χ2v) is 8.38. The Morgan fingerprint density at radius 3 is 2.13 bits per heavy atom. The molecule has 0 radical (unpaired) electrons. The van der Waals surface area contributed by atoms with Crippen molar-refractivity contribution in [1.29, 1.82) is 0 Å². The molecule has 0 spiro atoms. The van der Waals surface area contributed by atoms with Crippen molar-refractivity contribution in [3.63, 3.8) is 0 Å². The molecule has 0 aromatic heterocycles. The largest absolute Gasteiger partial charge is 0.326 e. The van der Waals surface area contributed by atoms with Gasteiger partial charge in [0.1, 0.15) is 0 Å². The van der Waals surface area contributed by atoms with Crippen molar-refractivity contribution in [2.75, 3.05) is 23.7 Å². The van der Waals surface area contributed by atoms with E-state index in [1.807, 2.05) is 0 Å². The molecule has 2 N–H and O–H groups in total. The SMILES string of the molecule is CCN(CC(=O)Nc1ccc(NC(C)=O)cc1)S(=O)(=O)c1ccc(C)c([N+](=O)[O-])c1. The lowest BCUT2D eigenvalue weighted by molar-refractivity contribution is -0.385. The van der Waals surface area contributed by atoms with E-state index < -0.39 is 27.4 Å². The van der Waals surface area contributed by atoms with Crippen LogP contribution < -0.4 is 10.6 Å². The van der Waals surface area contributed by atoms with Gasteiger partial charge in [-0.2, -0.15) is 4.31 Å². The van der Waals surface area contributed by atoms with Gasteiger partial charge in [0.2, 0.25) is 21.8 Å². The number of hydrogen-bond donors (Lipinski definition) is 2. The predicted octanol–water partition coefficient (Wildman–Crippen LogP) is 2.51. The summed E-state index contributed by atoms with van der Waals surface area (Å²) in [5.74, 6) is -0.804. The molecule has 2 rings (SSSR count). The number of benzene rings is 2. The van der Waals surface area contributed by atoms with Crippen molar-refractivity contribution < 1.29 is 22.9 Å². The molecule has 0 aliphatic carbocycles. The molecule has 0 fully saturated rings. The quantitative estimate of drug-likeness (QED) is 0.483. The number of rotatable bonds is 8. The van der Waals surface area contributed by atoms with Crippen LogP contribution in [0.25, 0.3) is 0 Å². The van der Waals surface area contributed by atoms with Crippen molar-refractivity contribution in [2.24, 2.45) is 0 Å². The molecule has 2 aromatic carbocycles. The Morgan fingerprint density at radius 2 is 1.63 bits per heavy atom. The van der Waals surface area contributed by atoms with Crippen molar-refractivity contribution in [1.82, 2.24) is 4.31 Å². The Morgan fingerprint density at radius 1 is 1.07 bits per heavy atom. The van der Waals surface area contributed by atoms with E-state index in [9.17, 15) is 28.1 Å². The number of likely N-dealkylation sites (N-methyl/N-ethyl adjacent to an activating group) is 1. The first kappa shape index (κ1) is 23.0. The molecule has 11 heteroatoms. The number of amides is 2. The Hall–Kier alpha value is -3.31. The molecular weight excluding hydrogens is 412 g/mol. The van der Waals surface area contributed by atoms with Crippen LogP contribution in [0.5, 0.6) is 0 Å². The smallest absolute Gasteiger partial charge is 0.273 e. The van der Waals surface area contributed by atoms with Crippen LogP contribution in [0.3, 0.4) is 0 Å². The number of sulfonamides is 1. The van der Waals surface area contributed by atoms with Crippen LogP contribution in [0.4, 0.5) is 17.1 Å². The molecule has 0 heterocycles. The maximum Gasteiger partial charge on any atom is 0.273 e. The van der Waals surface area contributed by atoms with Gasteiger partial charge in [0, 0.05) is 36.5 Å². The van der Waals surface area contributed by atoms with Crippen LogP contribution in [0.2, 0.25) is 0 Å². The monoisotopic (exact) mass is 434 g/mol. The summed E-state index contributed by atoms with van der Waals surface area (Å²) in [6.07, 6.45) is 0. The first-order valence-electron chi connectivity index (χ1n) is 8.97. The standard InChI is InChI=1S/C19H22N4O6S/c1-4-22(30(28,29)17-10-5-13(2)18(11-17)23(26)27)12-19(25)21-16-8-6-15(7-9-16)20-14(3)24/h5-11H,4,12H2,1-3H3,(H,20,24)(H,21,25). The van der Waals surface area contributed by atoms with Crippen molar-refractivity contribution in [3.8, 4) is 0 Å². The van der Waals surface area contributed by atoms with Crippen LogP contribution in [0.1, 0.15) is 19.4 Å². The highest BCUT2D eigenvalue weighted by Gasteiger charge is 2.27. The summed E-state index contributed by atoms with van der Waals surface area (Å²) in [5, 5.41) is 16.3. The highest BCUT2D eigenvalue weighted by Crippen LogP contribution is 2.24. The maximum absolute atomic E-state index is 12.9. The fourth-order valence-electron chi connectivity index (χ4n) is 2.66. The van der Waals surface area contributed by atoms with Crippen LogP contribution in [-0.2, 0) is 19.6 Å². The van der Waals surface area contributed by atoms with Gasteiger partial charge in [-0.1, -0.05) is 13.0 Å². The summed E-state index contributed by atoms with van der Waals surface area (Å²) < 4.78 is 26.7. The second kappa shape index (κ2) is 9.46. The molecule has 0 unspecified atom stereocenters. The average Bonchev–Trinajstić information content (AvgIpc) is 2.67. The van der Waals surface area contributed by atoms with E-state index in [2.05, 4.69) is 10.6 Å². The third kappa shape index (κ3) is 5.61. The number of nitrogens with zero attached hydrogens (tertiary/aromatic N) is 2. The summed E-state index contributed by atoms with van der Waals surface area (Å²) >= 11 is 0. The first-order chi connectivity index (χ1) is 14.0. The fourth-order valence-corrected chi connectivity index (χ4v) is 4.09. The van der Waals surface area contributed by atoms with Gasteiger partial charge >= 0.3 is 0 Å². The fraction of sp³-hybridized carbons (Fsp3) is 0.263. The highest BCUT2D eigenvalue weighted by molar-refractivity contribution is 7.89. The van der Waals surface area contributed by atoms with Crippen LogP contribution in [0, 0.1) is 17.0 Å². The summed E-state index contributed by atoms with van der Waals surface area (Å²) in [5.41, 5.74) is 1.01. The third-order valence-corrected chi connectivity index (χ3v) is 6.09. The molecule has 2 amide bonds. The van der Waals surface area contributed by atoms with Crippen molar-refractivity contribution in [3.05, 3.63) is 58.1 Å². The highest BCUT2D eigenvalue weighted by atomic mass is 32.2. The van der Waals surface area contributed by atoms with Crippen molar-refractivity contribution >= 4 is 38.9 Å². The van der Waals surface area contributed by atoms with Crippen LogP contribution in [-0.4, -0.2) is 42.6 Å². The average molecular weight is 434 g/mol. The molecule has 30 heavy (non-hydrogen) atoms. The molecule has 10 nitrogen and oxygen atoms in total. The second-order valence-electron chi connectivity index (χ2n) is 6.44. The van der Waals surface area contributed by atoms with Gasteiger partial charge in [-0.05, 0) is 37.3 Å². The molecule has 0 aliphatic heterocycles. The molecule has 0 bridgehead atoms. The van der Waals surface area contributed by atoms with Gasteiger partial charge in [-0.15, -0.1) is 0 Å². The van der Waals surface area contributed by atoms with E-state index in [4.69, 9.17) is 0 Å². The molecule has 0 atom stereocenters. The Labute approximate surface area is 174 Å². The van der Waals surface area contributed by atoms with Gasteiger partial charge < -0.3 is 10.6 Å². The summed E-state index contributed by atoms with van der Waals surface area (Å²) in [6, 6.07) is 9.95. The van der Waals surface area contributed by atoms with E-state index in [1.54, 1.807) is 31.2 Å². The van der Waals surface area contributed by atoms with Gasteiger partial charge in [0.15, 0.2) is 0 Å². The van der Waals surface area contributed by atoms with E-state index in [1.165, 1.54) is 26.0 Å². The zero-order valence-corrected chi connectivity index (χ0v) is 17.5. The summed E-state index contributed by atoms with van der Waals surface area (Å²) in [7, 11) is -4.11. The number of carbonyl (C=O) groups is 2. The summed E-state index contributed by atoms with van der Waals surface area (Å²) in [4.78, 5) is 33.6. The van der Waals surface area contributed by atoms with Gasteiger partial charge in [0.05, 0.1) is 16.4 Å². The number of nitro groups is 1. The molecule has 2 aromatic rings. The first-order valence-corrected chi connectivity index (χ1v) is 10.4. The Balaban J connectivity index is 2.15. The van der Waals surface area contributed by atoms with Crippen LogP contribution >= 0.6 is 0 Å². The lowest BCUT2D eigenvalue weighted by Gasteiger charge is -2.20. The van der Waals surface area contributed by atoms with Gasteiger partial charge in [-0.25, -0.2) is 8.42 Å². The molecule has 0 saturated heterocycles. The molecule has 160 valence electrons. The Bertz CT molecular complexity index is 1070. The minimum atomic E-state index is -4.11. The van der Waals surface area contributed by atoms with Crippen molar-refractivity contribution in [2.45, 2.75) is 25.7 Å². The number of nitrogens with one attached hydrogen (secondary N) is 2. The number of carbonyl (C=O) groups excluding carboxylic acids is 2. The van der Waals surface area contributed by atoms with Gasteiger partial charge in [-0.3, -0.25) is 19.7 Å². The van der Waals surface area contributed by atoms with E-state index in [0.29, 0.717) is 16.9 Å². The van der Waals surface area contributed by atoms with E-state index >= 15 is 0 Å². The number of hydrogen-bond acceptors (Lipinski definition) is 6. The third-order valence-electron chi connectivity index (χ3n) is 4.18. The zero-order valence-electron chi connectivity index (χ0n) is 16.7. The minimum absolute atomic E-state index is 0.00109. The predicted molar refractivity (Wildman–Crippen MR) is 112 cm³/mol. The lowest BCUT2D eigenvalue weighted by Crippen LogP contribution is -2.37. The summed E-state index contributed by atoms with van der Waals surface area (Å²) in [6.45, 7) is 3.98. The number of aryl methyl sites for hydroxylation is 1. The number of nitro benzene ring substituents is 1. The molecule has 0 aliphatic rings. The van der Waals surface area contributed by atoms with Crippen LogP contribution in [0.15, 0.2) is 47.4 Å². The van der Waals surface area contributed by atoms with E-state index in [0.717, 1.165) is 10.4 Å². The zero-order chi connectivity index (χ0) is 22.5. The minimum Gasteiger partial charge on any atom is -0.326 e. The number of anilines is 2. The normalized spacial score (nSPS) is 11.2. The van der Waals surface area contributed by atoms with Gasteiger partial charge in [0.25, 0.3) is 5.69 Å².